The third kappa shape index (κ3) is 2.60. The molecular weight excluding hydrogens is 320 g/mol. The molecule has 0 saturated heterocycles. The first kappa shape index (κ1) is 12.9. The van der Waals surface area contributed by atoms with Crippen LogP contribution < -0.4 is 0 Å². The van der Waals surface area contributed by atoms with Crippen LogP contribution >= 0.6 is 27.3 Å². The highest BCUT2D eigenvalue weighted by molar-refractivity contribution is 9.10. The highest BCUT2D eigenvalue weighted by Crippen LogP contribution is 2.25. The molecule has 0 amide bonds. The second-order valence-electron chi connectivity index (χ2n) is 4.60. The lowest BCUT2D eigenvalue weighted by Crippen LogP contribution is -1.98. The quantitative estimate of drug-likeness (QED) is 0.666. The van der Waals surface area contributed by atoms with Gasteiger partial charge in [0.25, 0.3) is 0 Å². The molecule has 0 spiro atoms. The van der Waals surface area contributed by atoms with Gasteiger partial charge in [-0.3, -0.25) is 0 Å². The maximum atomic E-state index is 4.69. The van der Waals surface area contributed by atoms with Gasteiger partial charge in [-0.15, -0.1) is 11.3 Å². The van der Waals surface area contributed by atoms with Crippen molar-refractivity contribution in [3.8, 4) is 0 Å². The van der Waals surface area contributed by atoms with Crippen LogP contribution in [0, 0.1) is 0 Å². The van der Waals surface area contributed by atoms with Crippen LogP contribution in [0.5, 0.6) is 0 Å². The van der Waals surface area contributed by atoms with Crippen molar-refractivity contribution >= 4 is 38.2 Å². The van der Waals surface area contributed by atoms with Gasteiger partial charge in [-0.05, 0) is 31.0 Å². The van der Waals surface area contributed by atoms with E-state index in [-0.39, 0.29) is 0 Å². The number of rotatable bonds is 4. The van der Waals surface area contributed by atoms with Crippen molar-refractivity contribution < 1.29 is 0 Å². The number of hydrogen-bond donors (Lipinski definition) is 0. The Morgan fingerprint density at radius 1 is 1.32 bits per heavy atom. The van der Waals surface area contributed by atoms with Crippen molar-refractivity contribution in [2.24, 2.45) is 0 Å². The topological polar surface area (TPSA) is 17.8 Å². The predicted molar refractivity (Wildman–Crippen MR) is 84.8 cm³/mol. The van der Waals surface area contributed by atoms with E-state index < -0.39 is 0 Å². The highest BCUT2D eigenvalue weighted by Gasteiger charge is 2.06. The van der Waals surface area contributed by atoms with Crippen LogP contribution in [0.1, 0.15) is 24.0 Å². The molecule has 2 nitrogen and oxygen atoms in total. The first-order valence-corrected chi connectivity index (χ1v) is 8.12. The zero-order chi connectivity index (χ0) is 13.2. The van der Waals surface area contributed by atoms with Gasteiger partial charge in [0.1, 0.15) is 0 Å². The maximum Gasteiger partial charge on any atom is 0.0928 e. The average molecular weight is 335 g/mol. The van der Waals surface area contributed by atoms with Crippen LogP contribution in [0.15, 0.2) is 40.3 Å². The number of halogens is 1. The number of nitrogens with zero attached hydrogens (tertiary/aromatic N) is 2. The van der Waals surface area contributed by atoms with E-state index in [2.05, 4.69) is 63.3 Å². The molecule has 3 rings (SSSR count). The lowest BCUT2D eigenvalue weighted by atomic mass is 10.2. The minimum Gasteiger partial charge on any atom is -0.341 e. The number of hydrogen-bond acceptors (Lipinski definition) is 2. The molecule has 0 bridgehead atoms. The van der Waals surface area contributed by atoms with Crippen LogP contribution in [-0.2, 0) is 13.0 Å². The molecule has 0 N–H and O–H groups in total. The molecule has 0 saturated carbocycles. The summed E-state index contributed by atoms with van der Waals surface area (Å²) in [6, 6.07) is 8.46. The fourth-order valence-corrected chi connectivity index (χ4v) is 3.63. The fourth-order valence-electron chi connectivity index (χ4n) is 2.25. The van der Waals surface area contributed by atoms with Gasteiger partial charge in [-0.25, -0.2) is 4.98 Å². The monoisotopic (exact) mass is 334 g/mol. The standard InChI is InChI=1S/C15H15BrN2S/c1-2-4-15-17-11(10-19-15)9-18-8-7-12-13(16)5-3-6-14(12)18/h3,5-8,10H,2,4,9H2,1H3. The number of thiazole rings is 1. The second kappa shape index (κ2) is 5.47. The summed E-state index contributed by atoms with van der Waals surface area (Å²) in [7, 11) is 0. The fraction of sp³-hybridized carbons (Fsp3) is 0.267. The molecule has 0 aliphatic carbocycles. The van der Waals surface area contributed by atoms with Crippen LogP contribution in [0.2, 0.25) is 0 Å². The van der Waals surface area contributed by atoms with E-state index in [0.29, 0.717) is 0 Å². The van der Waals surface area contributed by atoms with Gasteiger partial charge in [-0.2, -0.15) is 0 Å². The van der Waals surface area contributed by atoms with Crippen molar-refractivity contribution in [2.75, 3.05) is 0 Å². The average Bonchev–Trinajstić information content (AvgIpc) is 3.00. The lowest BCUT2D eigenvalue weighted by molar-refractivity contribution is 0.801. The first-order chi connectivity index (χ1) is 9.28. The number of benzene rings is 1. The second-order valence-corrected chi connectivity index (χ2v) is 6.40. The minimum absolute atomic E-state index is 0.847. The van der Waals surface area contributed by atoms with Gasteiger partial charge in [0.05, 0.1) is 17.2 Å². The number of fused-ring (bicyclic) bond motifs is 1. The SMILES string of the molecule is CCCc1nc(Cn2ccc3c(Br)cccc32)cs1. The molecule has 1 aromatic carbocycles. The first-order valence-electron chi connectivity index (χ1n) is 6.44. The van der Waals surface area contributed by atoms with E-state index in [1.165, 1.54) is 15.9 Å². The van der Waals surface area contributed by atoms with E-state index in [1.807, 2.05) is 0 Å². The molecule has 0 aliphatic rings. The summed E-state index contributed by atoms with van der Waals surface area (Å²) >= 11 is 5.36. The summed E-state index contributed by atoms with van der Waals surface area (Å²) in [5, 5.41) is 4.68. The van der Waals surface area contributed by atoms with Gasteiger partial charge in [-0.1, -0.05) is 28.9 Å². The Morgan fingerprint density at radius 2 is 2.21 bits per heavy atom. The highest BCUT2D eigenvalue weighted by atomic mass is 79.9. The summed E-state index contributed by atoms with van der Waals surface area (Å²) in [5.41, 5.74) is 2.41. The minimum atomic E-state index is 0.847. The van der Waals surface area contributed by atoms with Gasteiger partial charge >= 0.3 is 0 Å². The summed E-state index contributed by atoms with van der Waals surface area (Å²) < 4.78 is 3.40. The maximum absolute atomic E-state index is 4.69. The van der Waals surface area contributed by atoms with Crippen molar-refractivity contribution in [3.05, 3.63) is 51.0 Å². The van der Waals surface area contributed by atoms with Crippen LogP contribution in [0.3, 0.4) is 0 Å². The molecule has 2 heterocycles. The Kier molecular flexibility index (Phi) is 3.71. The molecule has 0 unspecified atom stereocenters. The molecule has 0 radical (unpaired) electrons. The summed E-state index contributed by atoms with van der Waals surface area (Å²) in [6.07, 6.45) is 4.38. The van der Waals surface area contributed by atoms with E-state index in [9.17, 15) is 0 Å². The summed E-state index contributed by atoms with van der Waals surface area (Å²) in [4.78, 5) is 4.69. The molecule has 0 atom stereocenters. The van der Waals surface area contributed by atoms with Crippen molar-refractivity contribution in [1.82, 2.24) is 9.55 Å². The lowest BCUT2D eigenvalue weighted by Gasteiger charge is -2.03. The summed E-state index contributed by atoms with van der Waals surface area (Å²) in [6.45, 7) is 3.04. The molecule has 4 heteroatoms. The third-order valence-corrected chi connectivity index (χ3v) is 4.80. The van der Waals surface area contributed by atoms with Crippen molar-refractivity contribution in [3.63, 3.8) is 0 Å². The van der Waals surface area contributed by atoms with E-state index in [1.54, 1.807) is 11.3 Å². The molecule has 3 aromatic rings. The van der Waals surface area contributed by atoms with E-state index in [0.717, 1.165) is 29.6 Å². The van der Waals surface area contributed by atoms with Crippen LogP contribution in [-0.4, -0.2) is 9.55 Å². The zero-order valence-electron chi connectivity index (χ0n) is 10.8. The molecule has 0 fully saturated rings. The molecule has 98 valence electrons. The predicted octanol–water partition coefficient (Wildman–Crippen LogP) is 4.86. The Balaban J connectivity index is 1.90. The van der Waals surface area contributed by atoms with Gasteiger partial charge in [0.2, 0.25) is 0 Å². The van der Waals surface area contributed by atoms with Crippen LogP contribution in [0.4, 0.5) is 0 Å². The van der Waals surface area contributed by atoms with E-state index in [4.69, 9.17) is 4.98 Å². The normalized spacial score (nSPS) is 11.3. The molecule has 2 aromatic heterocycles. The third-order valence-electron chi connectivity index (χ3n) is 3.16. The number of aromatic nitrogens is 2. The number of aryl methyl sites for hydroxylation is 1. The summed E-state index contributed by atoms with van der Waals surface area (Å²) in [5.74, 6) is 0. The smallest absolute Gasteiger partial charge is 0.0928 e. The van der Waals surface area contributed by atoms with Crippen LogP contribution in [0.25, 0.3) is 10.9 Å². The van der Waals surface area contributed by atoms with Crippen molar-refractivity contribution in [1.29, 1.82) is 0 Å². The van der Waals surface area contributed by atoms with E-state index >= 15 is 0 Å². The zero-order valence-corrected chi connectivity index (χ0v) is 13.2. The Bertz CT molecular complexity index is 699. The molecule has 19 heavy (non-hydrogen) atoms. The molecular formula is C15H15BrN2S. The largest absolute Gasteiger partial charge is 0.341 e. The van der Waals surface area contributed by atoms with Gasteiger partial charge in [0, 0.05) is 27.0 Å². The Morgan fingerprint density at radius 3 is 3.05 bits per heavy atom. The Hall–Kier alpha value is -1.13. The van der Waals surface area contributed by atoms with Gasteiger partial charge in [0.15, 0.2) is 0 Å². The Labute approximate surface area is 125 Å². The van der Waals surface area contributed by atoms with Gasteiger partial charge < -0.3 is 4.57 Å². The van der Waals surface area contributed by atoms with Crippen molar-refractivity contribution in [2.45, 2.75) is 26.3 Å². The molecule has 0 aliphatic heterocycles.